The van der Waals surface area contributed by atoms with Crippen LogP contribution in [0.2, 0.25) is 2.95 Å². The maximum absolute atomic E-state index is 10.7. The molecular weight excluding hydrogens is 477 g/mol. The van der Waals surface area contributed by atoms with Gasteiger partial charge in [0.05, 0.1) is 0 Å². The molecule has 1 unspecified atom stereocenters. The second-order valence-electron chi connectivity index (χ2n) is 2.63. The van der Waals surface area contributed by atoms with Crippen LogP contribution in [0.15, 0.2) is 0 Å². The summed E-state index contributed by atoms with van der Waals surface area (Å²) in [6.07, 6.45) is 0.435. The normalized spacial score (nSPS) is 26.0. The first-order valence-electron chi connectivity index (χ1n) is 3.26. The number of carbonyl (C=O) groups excluding carboxylic acids is 2. The Balaban J connectivity index is 0.000000265. The summed E-state index contributed by atoms with van der Waals surface area (Å²) in [4.78, 5) is 20.9. The molecule has 1 fully saturated rings. The van der Waals surface area contributed by atoms with Gasteiger partial charge in [-0.05, 0) is 0 Å². The fourth-order valence-electron chi connectivity index (χ4n) is 0.554. The van der Waals surface area contributed by atoms with Crippen LogP contribution in [0, 0.1) is 29.4 Å². The van der Waals surface area contributed by atoms with E-state index in [1.54, 1.807) is 0 Å². The molecule has 0 aromatic carbocycles. The van der Waals surface area contributed by atoms with Crippen LogP contribution in [0.3, 0.4) is 0 Å². The second-order valence-corrected chi connectivity index (χ2v) is 7.45. The zero-order valence-electron chi connectivity index (χ0n) is 6.82. The van der Waals surface area contributed by atoms with E-state index in [0.29, 0.717) is 35.8 Å². The van der Waals surface area contributed by atoms with Crippen molar-refractivity contribution in [2.75, 3.05) is 0 Å². The number of amides is 2. The SMILES string of the molecule is F[P-](F)(F)(F)(F)F.O=C1C[CH]([U])C(=O)N1. The molecule has 0 bridgehead atoms. The minimum absolute atomic E-state index is 0.0596. The summed E-state index contributed by atoms with van der Waals surface area (Å²) in [5.74, 6) is -0.177. The fraction of sp³-hybridized carbons (Fsp3) is 0.500. The standard InChI is InChI=1S/C4H4NO2.F6P.U/c6-3-1-2-4(7)5-3;1-7(2,3,4,5)6;/h1H,2H2,(H,5,6,7);;/q;-1;. The van der Waals surface area contributed by atoms with Crippen molar-refractivity contribution in [1.82, 2.24) is 5.32 Å². The number of rotatable bonds is 0. The molecule has 89 valence electrons. The van der Waals surface area contributed by atoms with E-state index in [9.17, 15) is 34.8 Å². The Morgan fingerprint density at radius 3 is 1.53 bits per heavy atom. The van der Waals surface area contributed by atoms with E-state index in [0.717, 1.165) is 0 Å². The summed E-state index contributed by atoms with van der Waals surface area (Å²) in [7, 11) is -10.7. The zero-order chi connectivity index (χ0) is 12.6. The Morgan fingerprint density at radius 1 is 1.13 bits per heavy atom. The predicted octanol–water partition coefficient (Wildman–Crippen LogP) is 2.75. The minimum atomic E-state index is -10.7. The van der Waals surface area contributed by atoms with E-state index < -0.39 is 7.81 Å². The third-order valence-corrected chi connectivity index (χ3v) is 2.91. The first kappa shape index (κ1) is 15.2. The van der Waals surface area contributed by atoms with Gasteiger partial charge in [-0.15, -0.1) is 0 Å². The molecule has 3 nitrogen and oxygen atoms in total. The van der Waals surface area contributed by atoms with Gasteiger partial charge in [0.25, 0.3) is 0 Å². The molecule has 0 saturated carbocycles. The van der Waals surface area contributed by atoms with E-state index in [2.05, 4.69) is 5.32 Å². The molecule has 0 spiro atoms. The monoisotopic (exact) mass is 481 g/mol. The zero-order valence-corrected chi connectivity index (χ0v) is 11.9. The van der Waals surface area contributed by atoms with Gasteiger partial charge in [0, 0.05) is 0 Å². The molecular formula is C4H4F6NO2PU-. The van der Waals surface area contributed by atoms with E-state index in [1.807, 2.05) is 0 Å². The van der Waals surface area contributed by atoms with Gasteiger partial charge in [0.15, 0.2) is 0 Å². The van der Waals surface area contributed by atoms with Crippen LogP contribution < -0.4 is 5.32 Å². The number of halogens is 6. The molecule has 11 heteroatoms. The Labute approximate surface area is 98.4 Å². The van der Waals surface area contributed by atoms with Crippen molar-refractivity contribution in [2.45, 2.75) is 9.37 Å². The van der Waals surface area contributed by atoms with Crippen LogP contribution in [0.25, 0.3) is 0 Å². The Bertz CT molecular complexity index is 286. The molecule has 1 N–H and O–H groups in total. The van der Waals surface area contributed by atoms with E-state index in [1.165, 1.54) is 0 Å². The molecule has 0 radical (unpaired) electrons. The van der Waals surface area contributed by atoms with Crippen LogP contribution in [-0.4, -0.2) is 11.8 Å². The molecule has 2 amide bonds. The summed E-state index contributed by atoms with van der Waals surface area (Å²) >= 11 is 0.592. The molecule has 1 atom stereocenters. The topological polar surface area (TPSA) is 46.2 Å². The number of imide groups is 1. The molecule has 1 rings (SSSR count). The van der Waals surface area contributed by atoms with Gasteiger partial charge < -0.3 is 0 Å². The summed E-state index contributed by atoms with van der Waals surface area (Å²) < 4.78 is 59.3. The van der Waals surface area contributed by atoms with Crippen molar-refractivity contribution in [1.29, 1.82) is 0 Å². The van der Waals surface area contributed by atoms with Gasteiger partial charge in [-0.3, -0.25) is 0 Å². The number of nitrogens with one attached hydrogen (secondary N) is 1. The first-order chi connectivity index (χ1) is 6.15. The molecule has 1 saturated heterocycles. The summed E-state index contributed by atoms with van der Waals surface area (Å²) in [5.41, 5.74) is 0. The number of hydrogen-bond acceptors (Lipinski definition) is 2. The third kappa shape index (κ3) is 14.2. The van der Waals surface area contributed by atoms with Gasteiger partial charge in [0.2, 0.25) is 0 Å². The van der Waals surface area contributed by atoms with Crippen LogP contribution in [0.5, 0.6) is 0 Å². The first-order valence-corrected chi connectivity index (χ1v) is 7.69. The van der Waals surface area contributed by atoms with Gasteiger partial charge >= 0.3 is 98.5 Å². The molecule has 1 aliphatic rings. The maximum atomic E-state index is 10.5. The van der Waals surface area contributed by atoms with Crippen LogP contribution in [-0.2, 0) is 9.59 Å². The second kappa shape index (κ2) is 3.61. The average molecular weight is 481 g/mol. The Morgan fingerprint density at radius 2 is 1.47 bits per heavy atom. The van der Waals surface area contributed by atoms with E-state index >= 15 is 0 Å². The van der Waals surface area contributed by atoms with Crippen molar-refractivity contribution in [3.63, 3.8) is 0 Å². The Kier molecular flexibility index (Phi) is 3.65. The van der Waals surface area contributed by atoms with Crippen molar-refractivity contribution in [3.05, 3.63) is 0 Å². The van der Waals surface area contributed by atoms with Crippen LogP contribution in [0.1, 0.15) is 6.42 Å². The van der Waals surface area contributed by atoms with Gasteiger partial charge in [-0.1, -0.05) is 0 Å². The predicted molar refractivity (Wildman–Crippen MR) is 35.1 cm³/mol. The van der Waals surface area contributed by atoms with Crippen molar-refractivity contribution < 1.29 is 64.2 Å². The Hall–Kier alpha value is 0.202. The quantitative estimate of drug-likeness (QED) is 0.329. The summed E-state index contributed by atoms with van der Waals surface area (Å²) in [6.45, 7) is 0. The van der Waals surface area contributed by atoms with Crippen molar-refractivity contribution >= 4 is 19.6 Å². The van der Waals surface area contributed by atoms with E-state index in [-0.39, 0.29) is 14.8 Å². The van der Waals surface area contributed by atoms with Crippen molar-refractivity contribution in [3.8, 4) is 0 Å². The fourth-order valence-corrected chi connectivity index (χ4v) is 1.63. The summed E-state index contributed by atoms with van der Waals surface area (Å²) in [6, 6.07) is 0. The third-order valence-electron chi connectivity index (χ3n) is 0.969. The van der Waals surface area contributed by atoms with Crippen LogP contribution >= 0.6 is 7.81 Å². The van der Waals surface area contributed by atoms with Gasteiger partial charge in [0.1, 0.15) is 0 Å². The van der Waals surface area contributed by atoms with E-state index in [4.69, 9.17) is 0 Å². The molecule has 15 heavy (non-hydrogen) atoms. The molecule has 1 heterocycles. The van der Waals surface area contributed by atoms with Crippen molar-refractivity contribution in [2.24, 2.45) is 0 Å². The molecule has 0 aromatic rings. The number of carbonyl (C=O) groups is 2. The molecule has 0 aromatic heterocycles. The molecule has 0 aliphatic carbocycles. The molecule has 1 aliphatic heterocycles. The number of hydrogen-bond donors (Lipinski definition) is 1. The summed E-state index contributed by atoms with van der Waals surface area (Å²) in [5, 5.41) is 2.23. The van der Waals surface area contributed by atoms with Gasteiger partial charge in [-0.25, -0.2) is 0 Å². The van der Waals surface area contributed by atoms with Crippen LogP contribution in [0.4, 0.5) is 25.2 Å². The van der Waals surface area contributed by atoms with Gasteiger partial charge in [-0.2, -0.15) is 0 Å². The average Bonchev–Trinajstić information content (AvgIpc) is 2.01.